The van der Waals surface area contributed by atoms with Crippen LogP contribution in [0, 0.1) is 17.5 Å². The number of amides is 1. The third-order valence-electron chi connectivity index (χ3n) is 3.10. The first-order valence-corrected chi connectivity index (χ1v) is 8.30. The Morgan fingerprint density at radius 3 is 2.28 bits per heavy atom. The Hall–Kier alpha value is -2.59. The predicted octanol–water partition coefficient (Wildman–Crippen LogP) is 2.03. The molecule has 2 rings (SSSR count). The molecular formula is C15H13F3N2O4S. The van der Waals surface area contributed by atoms with E-state index in [9.17, 15) is 26.4 Å². The molecule has 25 heavy (non-hydrogen) atoms. The van der Waals surface area contributed by atoms with Crippen molar-refractivity contribution in [2.24, 2.45) is 0 Å². The molecule has 134 valence electrons. The number of halogens is 3. The van der Waals surface area contributed by atoms with E-state index in [-0.39, 0.29) is 4.90 Å². The summed E-state index contributed by atoms with van der Waals surface area (Å²) < 4.78 is 70.3. The fourth-order valence-corrected chi connectivity index (χ4v) is 2.80. The molecule has 0 saturated heterocycles. The van der Waals surface area contributed by atoms with Crippen LogP contribution in [0.4, 0.5) is 18.9 Å². The van der Waals surface area contributed by atoms with Gasteiger partial charge in [-0.1, -0.05) is 0 Å². The van der Waals surface area contributed by atoms with Gasteiger partial charge in [0.05, 0.1) is 24.2 Å². The van der Waals surface area contributed by atoms with Crippen molar-refractivity contribution in [1.82, 2.24) is 4.72 Å². The summed E-state index contributed by atoms with van der Waals surface area (Å²) in [6.45, 7) is -0.729. The number of benzene rings is 2. The van der Waals surface area contributed by atoms with Gasteiger partial charge in [0, 0.05) is 0 Å². The molecule has 2 N–H and O–H groups in total. The molecule has 0 atom stereocenters. The monoisotopic (exact) mass is 374 g/mol. The average Bonchev–Trinajstić information content (AvgIpc) is 2.60. The van der Waals surface area contributed by atoms with Crippen molar-refractivity contribution in [3.63, 3.8) is 0 Å². The highest BCUT2D eigenvalue weighted by Crippen LogP contribution is 2.19. The van der Waals surface area contributed by atoms with Crippen molar-refractivity contribution in [3.8, 4) is 5.75 Å². The van der Waals surface area contributed by atoms with Crippen LogP contribution in [-0.4, -0.2) is 28.0 Å². The van der Waals surface area contributed by atoms with Crippen LogP contribution >= 0.6 is 0 Å². The molecular weight excluding hydrogens is 361 g/mol. The summed E-state index contributed by atoms with van der Waals surface area (Å²) in [6.07, 6.45) is 0. The minimum atomic E-state index is -3.99. The number of carbonyl (C=O) groups is 1. The molecule has 2 aromatic rings. The molecule has 6 nitrogen and oxygen atoms in total. The molecule has 0 aliphatic heterocycles. The zero-order valence-electron chi connectivity index (χ0n) is 12.8. The number of sulfonamides is 1. The Kier molecular flexibility index (Phi) is 5.65. The average molecular weight is 374 g/mol. The van der Waals surface area contributed by atoms with Crippen LogP contribution in [0.15, 0.2) is 41.3 Å². The Balaban J connectivity index is 2.02. The quantitative estimate of drug-likeness (QED) is 0.758. The van der Waals surface area contributed by atoms with Crippen molar-refractivity contribution in [1.29, 1.82) is 0 Å². The van der Waals surface area contributed by atoms with Gasteiger partial charge in [0.1, 0.15) is 5.75 Å². The number of rotatable bonds is 6. The van der Waals surface area contributed by atoms with Crippen molar-refractivity contribution >= 4 is 21.6 Å². The predicted molar refractivity (Wildman–Crippen MR) is 83.1 cm³/mol. The van der Waals surface area contributed by atoms with Gasteiger partial charge in [-0.3, -0.25) is 4.79 Å². The van der Waals surface area contributed by atoms with Crippen LogP contribution in [-0.2, 0) is 14.8 Å². The molecule has 0 spiro atoms. The maximum absolute atomic E-state index is 13.5. The minimum absolute atomic E-state index is 0.111. The molecule has 0 fully saturated rings. The second-order valence-corrected chi connectivity index (χ2v) is 6.54. The zero-order chi connectivity index (χ0) is 18.6. The topological polar surface area (TPSA) is 84.5 Å². The lowest BCUT2D eigenvalue weighted by molar-refractivity contribution is -0.115. The molecule has 0 aliphatic rings. The summed E-state index contributed by atoms with van der Waals surface area (Å²) in [5.74, 6) is -5.23. The van der Waals surface area contributed by atoms with E-state index in [1.54, 1.807) is 0 Å². The Morgan fingerprint density at radius 2 is 1.68 bits per heavy atom. The smallest absolute Gasteiger partial charge is 0.241 e. The zero-order valence-corrected chi connectivity index (χ0v) is 13.7. The van der Waals surface area contributed by atoms with Gasteiger partial charge in [-0.15, -0.1) is 0 Å². The fraction of sp³-hybridized carbons (Fsp3) is 0.133. The van der Waals surface area contributed by atoms with Crippen LogP contribution in [0.3, 0.4) is 0 Å². The van der Waals surface area contributed by atoms with Gasteiger partial charge in [-0.25, -0.2) is 26.3 Å². The number of hydrogen-bond acceptors (Lipinski definition) is 4. The Labute approximate surface area is 141 Å². The number of ether oxygens (including phenoxy) is 1. The molecule has 0 heterocycles. The van der Waals surface area contributed by atoms with Crippen LogP contribution in [0.25, 0.3) is 0 Å². The van der Waals surface area contributed by atoms with E-state index in [4.69, 9.17) is 4.74 Å². The maximum Gasteiger partial charge on any atom is 0.241 e. The van der Waals surface area contributed by atoms with Crippen molar-refractivity contribution in [2.45, 2.75) is 4.90 Å². The van der Waals surface area contributed by atoms with E-state index in [0.29, 0.717) is 11.8 Å². The second kappa shape index (κ2) is 7.53. The summed E-state index contributed by atoms with van der Waals surface area (Å²) in [7, 11) is -2.57. The van der Waals surface area contributed by atoms with Gasteiger partial charge in [0.25, 0.3) is 0 Å². The van der Waals surface area contributed by atoms with Crippen molar-refractivity contribution in [2.75, 3.05) is 19.0 Å². The summed E-state index contributed by atoms with van der Waals surface area (Å²) in [5, 5.41) is 1.95. The van der Waals surface area contributed by atoms with Crippen molar-refractivity contribution in [3.05, 3.63) is 53.8 Å². The maximum atomic E-state index is 13.5. The molecule has 10 heteroatoms. The molecule has 1 amide bonds. The van der Waals surface area contributed by atoms with Gasteiger partial charge < -0.3 is 10.1 Å². The number of nitrogens with one attached hydrogen (secondary N) is 2. The summed E-state index contributed by atoms with van der Waals surface area (Å²) in [6, 6.07) is 6.85. The fourth-order valence-electron chi connectivity index (χ4n) is 1.82. The van der Waals surface area contributed by atoms with E-state index in [1.165, 1.54) is 31.4 Å². The number of methoxy groups -OCH3 is 1. The van der Waals surface area contributed by atoms with E-state index in [0.717, 1.165) is 6.07 Å². The Morgan fingerprint density at radius 1 is 1.04 bits per heavy atom. The van der Waals surface area contributed by atoms with Gasteiger partial charge in [-0.05, 0) is 36.4 Å². The molecule has 0 aliphatic carbocycles. The normalized spacial score (nSPS) is 11.2. The molecule has 0 unspecified atom stereocenters. The third kappa shape index (κ3) is 4.48. The van der Waals surface area contributed by atoms with Crippen LogP contribution < -0.4 is 14.8 Å². The van der Waals surface area contributed by atoms with E-state index in [2.05, 4.69) is 0 Å². The number of anilines is 1. The van der Waals surface area contributed by atoms with Crippen LogP contribution in [0.2, 0.25) is 0 Å². The number of hydrogen-bond donors (Lipinski definition) is 2. The largest absolute Gasteiger partial charge is 0.497 e. The van der Waals surface area contributed by atoms with Gasteiger partial charge >= 0.3 is 0 Å². The molecule has 0 radical (unpaired) electrons. The van der Waals surface area contributed by atoms with Crippen LogP contribution in [0.5, 0.6) is 5.75 Å². The summed E-state index contributed by atoms with van der Waals surface area (Å²) in [5.41, 5.74) is -0.604. The van der Waals surface area contributed by atoms with E-state index < -0.39 is 45.6 Å². The molecule has 2 aromatic carbocycles. The third-order valence-corrected chi connectivity index (χ3v) is 4.52. The molecule has 0 bridgehead atoms. The summed E-state index contributed by atoms with van der Waals surface area (Å²) in [4.78, 5) is 11.6. The first-order chi connectivity index (χ1) is 11.7. The van der Waals surface area contributed by atoms with Crippen LogP contribution in [0.1, 0.15) is 0 Å². The SMILES string of the molecule is COc1ccc(S(=O)(=O)NCC(=O)Nc2ccc(F)c(F)c2F)cc1. The Bertz CT molecular complexity index is 886. The number of carbonyl (C=O) groups excluding carboxylic acids is 1. The summed E-state index contributed by atoms with van der Waals surface area (Å²) >= 11 is 0. The first-order valence-electron chi connectivity index (χ1n) is 6.81. The lowest BCUT2D eigenvalue weighted by Crippen LogP contribution is -2.33. The standard InChI is InChI=1S/C15H13F3N2O4S/c1-24-9-2-4-10(5-3-9)25(22,23)19-8-13(21)20-12-7-6-11(16)14(17)15(12)18/h2-7,19H,8H2,1H3,(H,20,21). The van der Waals surface area contributed by atoms with E-state index in [1.807, 2.05) is 10.0 Å². The highest BCUT2D eigenvalue weighted by atomic mass is 32.2. The van der Waals surface area contributed by atoms with Crippen molar-refractivity contribution < 1.29 is 31.1 Å². The van der Waals surface area contributed by atoms with Gasteiger partial charge in [-0.2, -0.15) is 0 Å². The molecule has 0 saturated carbocycles. The highest BCUT2D eigenvalue weighted by molar-refractivity contribution is 7.89. The van der Waals surface area contributed by atoms with Gasteiger partial charge in [0.2, 0.25) is 15.9 Å². The van der Waals surface area contributed by atoms with E-state index >= 15 is 0 Å². The molecule has 0 aromatic heterocycles. The van der Waals surface area contributed by atoms with Gasteiger partial charge in [0.15, 0.2) is 17.5 Å². The highest BCUT2D eigenvalue weighted by Gasteiger charge is 2.18. The second-order valence-electron chi connectivity index (χ2n) is 4.77. The lowest BCUT2D eigenvalue weighted by atomic mass is 10.3. The lowest BCUT2D eigenvalue weighted by Gasteiger charge is -2.09. The first kappa shape index (κ1) is 18.7. The minimum Gasteiger partial charge on any atom is -0.497 e.